The number of nitrogens with zero attached hydrogens (tertiary/aromatic N) is 4. The normalized spacial score (nSPS) is 15.5. The minimum atomic E-state index is -5.65. The standard InChI is InChI=1S/C25H24F3N5O4S2/c1-3-38(34,35)20-10-16(15-4-6-17(7-5-15)24(14-29)8-9-24)12-30-21(20)23-32-19-11-18(13-31-22(19)33(23)2)39(36,37)25(26,27)28/h4-7,10-13H,3,8-9,14,29H2,1-2H3. The van der Waals surface area contributed by atoms with Gasteiger partial charge in [-0.05, 0) is 36.1 Å². The molecule has 0 saturated heterocycles. The third-order valence-electron chi connectivity index (χ3n) is 7.15. The lowest BCUT2D eigenvalue weighted by Crippen LogP contribution is -2.23. The Hall–Kier alpha value is -3.36. The first-order valence-electron chi connectivity index (χ1n) is 11.9. The summed E-state index contributed by atoms with van der Waals surface area (Å²) in [5.74, 6) is -0.231. The second kappa shape index (κ2) is 9.10. The van der Waals surface area contributed by atoms with Crippen molar-refractivity contribution in [2.45, 2.75) is 40.5 Å². The number of benzene rings is 1. The molecule has 0 amide bonds. The van der Waals surface area contributed by atoms with E-state index in [2.05, 4.69) is 15.0 Å². The first-order chi connectivity index (χ1) is 18.2. The van der Waals surface area contributed by atoms with E-state index in [1.54, 1.807) is 0 Å². The van der Waals surface area contributed by atoms with Crippen LogP contribution < -0.4 is 5.73 Å². The quantitative estimate of drug-likeness (QED) is 0.349. The molecule has 9 nitrogen and oxygen atoms in total. The molecule has 0 radical (unpaired) electrons. The molecule has 14 heteroatoms. The Morgan fingerprint density at radius 3 is 2.23 bits per heavy atom. The maximum absolute atomic E-state index is 13.1. The number of alkyl halides is 3. The molecule has 0 unspecified atom stereocenters. The third kappa shape index (κ3) is 4.49. The zero-order valence-corrected chi connectivity index (χ0v) is 22.5. The molecule has 3 heterocycles. The lowest BCUT2D eigenvalue weighted by atomic mass is 9.94. The van der Waals surface area contributed by atoms with Crippen LogP contribution in [0.5, 0.6) is 0 Å². The molecule has 4 aromatic rings. The fraction of sp³-hybridized carbons (Fsp3) is 0.320. The third-order valence-corrected chi connectivity index (χ3v) is 10.3. The van der Waals surface area contributed by atoms with Crippen LogP contribution in [-0.2, 0) is 32.1 Å². The molecule has 2 N–H and O–H groups in total. The Bertz CT molecular complexity index is 1810. The van der Waals surface area contributed by atoms with Gasteiger partial charge in [-0.2, -0.15) is 13.2 Å². The highest BCUT2D eigenvalue weighted by Gasteiger charge is 2.47. The van der Waals surface area contributed by atoms with Gasteiger partial charge in [-0.25, -0.2) is 26.8 Å². The number of nitrogens with two attached hydrogens (primary N) is 1. The van der Waals surface area contributed by atoms with Crippen molar-refractivity contribution in [3.05, 3.63) is 54.4 Å². The number of imidazole rings is 1. The van der Waals surface area contributed by atoms with Crippen LogP contribution in [0.25, 0.3) is 33.8 Å². The predicted octanol–water partition coefficient (Wildman–Crippen LogP) is 3.77. The fourth-order valence-corrected chi connectivity index (χ4v) is 6.27. The Balaban J connectivity index is 1.62. The monoisotopic (exact) mass is 579 g/mol. The number of sulfone groups is 2. The van der Waals surface area contributed by atoms with E-state index in [1.807, 2.05) is 24.3 Å². The molecule has 1 aliphatic rings. The highest BCUT2D eigenvalue weighted by molar-refractivity contribution is 7.92. The van der Waals surface area contributed by atoms with Gasteiger partial charge in [0.1, 0.15) is 11.2 Å². The van der Waals surface area contributed by atoms with E-state index in [1.165, 1.54) is 30.8 Å². The summed E-state index contributed by atoms with van der Waals surface area (Å²) in [5.41, 5.74) is 2.70. The maximum atomic E-state index is 13.1. The summed E-state index contributed by atoms with van der Waals surface area (Å²) in [4.78, 5) is 11.3. The van der Waals surface area contributed by atoms with E-state index in [9.17, 15) is 30.0 Å². The van der Waals surface area contributed by atoms with Gasteiger partial charge in [0.15, 0.2) is 21.3 Å². The van der Waals surface area contributed by atoms with Crippen LogP contribution in [0.2, 0.25) is 0 Å². The van der Waals surface area contributed by atoms with Gasteiger partial charge in [0.25, 0.3) is 9.84 Å². The van der Waals surface area contributed by atoms with Crippen molar-refractivity contribution < 1.29 is 30.0 Å². The molecule has 39 heavy (non-hydrogen) atoms. The molecule has 5 rings (SSSR count). The van der Waals surface area contributed by atoms with E-state index in [4.69, 9.17) is 5.73 Å². The van der Waals surface area contributed by atoms with E-state index < -0.39 is 30.1 Å². The van der Waals surface area contributed by atoms with Gasteiger partial charge in [0, 0.05) is 37.0 Å². The van der Waals surface area contributed by atoms with Crippen LogP contribution in [0.4, 0.5) is 13.2 Å². The topological polar surface area (TPSA) is 138 Å². The molecular weight excluding hydrogens is 555 g/mol. The first-order valence-corrected chi connectivity index (χ1v) is 15.1. The molecular formula is C25H24F3N5O4S2. The zero-order chi connectivity index (χ0) is 28.4. The van der Waals surface area contributed by atoms with E-state index in [0.717, 1.165) is 30.0 Å². The number of hydrogen-bond acceptors (Lipinski definition) is 8. The average molecular weight is 580 g/mol. The molecule has 1 aromatic carbocycles. The summed E-state index contributed by atoms with van der Waals surface area (Å²) in [6, 6.07) is 9.95. The van der Waals surface area contributed by atoms with Crippen LogP contribution in [-0.4, -0.2) is 54.2 Å². The van der Waals surface area contributed by atoms with Crippen molar-refractivity contribution in [1.82, 2.24) is 19.5 Å². The minimum absolute atomic E-state index is 0.00485. The summed E-state index contributed by atoms with van der Waals surface area (Å²) < 4.78 is 90.5. The molecule has 0 atom stereocenters. The Morgan fingerprint density at radius 2 is 1.67 bits per heavy atom. The number of aryl methyl sites for hydroxylation is 1. The summed E-state index contributed by atoms with van der Waals surface area (Å²) in [6.45, 7) is 2.03. The lowest BCUT2D eigenvalue weighted by molar-refractivity contribution is -0.0436. The Labute approximate surface area is 222 Å². The minimum Gasteiger partial charge on any atom is -0.330 e. The van der Waals surface area contributed by atoms with Crippen molar-refractivity contribution in [2.75, 3.05) is 12.3 Å². The van der Waals surface area contributed by atoms with Crippen molar-refractivity contribution >= 4 is 30.8 Å². The molecule has 3 aromatic heterocycles. The highest BCUT2D eigenvalue weighted by atomic mass is 32.2. The molecule has 1 saturated carbocycles. The van der Waals surface area contributed by atoms with Gasteiger partial charge in [0.2, 0.25) is 0 Å². The summed E-state index contributed by atoms with van der Waals surface area (Å²) in [5, 5.41) is 0. The predicted molar refractivity (Wildman–Crippen MR) is 138 cm³/mol. The molecule has 0 bridgehead atoms. The smallest absolute Gasteiger partial charge is 0.330 e. The maximum Gasteiger partial charge on any atom is 0.501 e. The Kier molecular flexibility index (Phi) is 6.35. The lowest BCUT2D eigenvalue weighted by Gasteiger charge is -2.14. The number of fused-ring (bicyclic) bond motifs is 1. The van der Waals surface area contributed by atoms with Crippen molar-refractivity contribution in [3.8, 4) is 22.6 Å². The van der Waals surface area contributed by atoms with Gasteiger partial charge >= 0.3 is 5.51 Å². The van der Waals surface area contributed by atoms with Gasteiger partial charge in [-0.15, -0.1) is 0 Å². The molecule has 0 aliphatic heterocycles. The zero-order valence-electron chi connectivity index (χ0n) is 20.9. The van der Waals surface area contributed by atoms with E-state index in [-0.39, 0.29) is 38.7 Å². The largest absolute Gasteiger partial charge is 0.501 e. The number of rotatable bonds is 7. The highest BCUT2D eigenvalue weighted by Crippen LogP contribution is 2.47. The first kappa shape index (κ1) is 27.2. The second-order valence-corrected chi connectivity index (χ2v) is 13.7. The van der Waals surface area contributed by atoms with Crippen molar-refractivity contribution in [1.29, 1.82) is 0 Å². The van der Waals surface area contributed by atoms with Gasteiger partial charge in [-0.3, -0.25) is 4.98 Å². The fourth-order valence-electron chi connectivity index (χ4n) is 4.49. The summed E-state index contributed by atoms with van der Waals surface area (Å²) in [6.07, 6.45) is 4.13. The van der Waals surface area contributed by atoms with Crippen molar-refractivity contribution in [3.63, 3.8) is 0 Å². The van der Waals surface area contributed by atoms with E-state index in [0.29, 0.717) is 18.3 Å². The number of aromatic nitrogens is 4. The van der Waals surface area contributed by atoms with Gasteiger partial charge < -0.3 is 10.3 Å². The van der Waals surface area contributed by atoms with Crippen LogP contribution in [0, 0.1) is 0 Å². The number of hydrogen-bond donors (Lipinski definition) is 1. The van der Waals surface area contributed by atoms with Gasteiger partial charge in [-0.1, -0.05) is 31.2 Å². The molecule has 1 aliphatic carbocycles. The van der Waals surface area contributed by atoms with E-state index >= 15 is 0 Å². The van der Waals surface area contributed by atoms with Crippen LogP contribution in [0.15, 0.2) is 58.6 Å². The number of halogens is 3. The summed E-state index contributed by atoms with van der Waals surface area (Å²) in [7, 11) is -8.00. The van der Waals surface area contributed by atoms with Crippen LogP contribution in [0.3, 0.4) is 0 Å². The average Bonchev–Trinajstić information content (AvgIpc) is 3.65. The van der Waals surface area contributed by atoms with Crippen molar-refractivity contribution in [2.24, 2.45) is 12.8 Å². The van der Waals surface area contributed by atoms with Crippen LogP contribution >= 0.6 is 0 Å². The molecule has 206 valence electrons. The van der Waals surface area contributed by atoms with Gasteiger partial charge in [0.05, 0.1) is 15.5 Å². The summed E-state index contributed by atoms with van der Waals surface area (Å²) >= 11 is 0. The second-order valence-electron chi connectivity index (χ2n) is 9.49. The molecule has 0 spiro atoms. The SMILES string of the molecule is CCS(=O)(=O)c1cc(-c2ccc(C3(CN)CC3)cc2)cnc1-c1nc2cc(S(=O)(=O)C(F)(F)F)cnc2n1C. The van der Waals surface area contributed by atoms with Crippen LogP contribution in [0.1, 0.15) is 25.3 Å². The number of pyridine rings is 2. The Morgan fingerprint density at radius 1 is 1.00 bits per heavy atom. The molecule has 1 fully saturated rings.